The highest BCUT2D eigenvalue weighted by Crippen LogP contribution is 2.16. The highest BCUT2D eigenvalue weighted by molar-refractivity contribution is 5.85. The van der Waals surface area contributed by atoms with Crippen LogP contribution in [-0.2, 0) is 9.53 Å². The molecule has 1 amide bonds. The van der Waals surface area contributed by atoms with Crippen molar-refractivity contribution < 1.29 is 18.7 Å². The topological polar surface area (TPSA) is 59.6 Å². The second kappa shape index (κ2) is 9.61. The Bertz CT molecular complexity index is 470. The van der Waals surface area contributed by atoms with Crippen molar-refractivity contribution in [3.05, 3.63) is 30.1 Å². The zero-order chi connectivity index (χ0) is 15.1. The number of hydrogen-bond acceptors (Lipinski definition) is 4. The van der Waals surface area contributed by atoms with Crippen molar-refractivity contribution in [1.82, 2.24) is 10.6 Å². The Kier molecular flexibility index (Phi) is 8.16. The van der Waals surface area contributed by atoms with Gasteiger partial charge < -0.3 is 20.1 Å². The summed E-state index contributed by atoms with van der Waals surface area (Å²) in [5.41, 5.74) is 0. The summed E-state index contributed by atoms with van der Waals surface area (Å²) in [6.07, 6.45) is 0.0632. The third-order valence-corrected chi connectivity index (χ3v) is 3.18. The molecule has 0 aromatic heterocycles. The van der Waals surface area contributed by atoms with Crippen LogP contribution in [0.5, 0.6) is 5.75 Å². The number of nitrogens with one attached hydrogen (secondary N) is 2. The largest absolute Gasteiger partial charge is 0.486 e. The molecule has 1 aromatic rings. The van der Waals surface area contributed by atoms with E-state index >= 15 is 0 Å². The maximum absolute atomic E-state index is 13.4. The van der Waals surface area contributed by atoms with E-state index in [9.17, 15) is 9.18 Å². The van der Waals surface area contributed by atoms with E-state index in [1.165, 1.54) is 6.07 Å². The summed E-state index contributed by atoms with van der Waals surface area (Å²) in [6.45, 7) is 4.13. The van der Waals surface area contributed by atoms with Gasteiger partial charge in [-0.3, -0.25) is 4.79 Å². The molecule has 0 saturated carbocycles. The first-order valence-electron chi connectivity index (χ1n) is 7.14. The summed E-state index contributed by atoms with van der Waals surface area (Å²) in [6, 6.07) is 6.28. The number of amides is 1. The molecule has 1 fully saturated rings. The SMILES string of the molecule is CC(CNC(=O)CC1COCCN1)Oc1ccccc1F.Cl. The lowest BCUT2D eigenvalue weighted by Crippen LogP contribution is -2.45. The standard InChI is InChI=1S/C15H21FN2O3.ClH/c1-11(21-14-5-3-2-4-13(14)16)9-18-15(19)8-12-10-20-7-6-17-12;/h2-5,11-12,17H,6-10H2,1H3,(H,18,19);1H. The number of carbonyl (C=O) groups is 1. The average Bonchev–Trinajstić information content (AvgIpc) is 2.49. The van der Waals surface area contributed by atoms with E-state index < -0.39 is 5.82 Å². The van der Waals surface area contributed by atoms with E-state index in [0.717, 1.165) is 6.54 Å². The summed E-state index contributed by atoms with van der Waals surface area (Å²) in [7, 11) is 0. The van der Waals surface area contributed by atoms with Crippen LogP contribution < -0.4 is 15.4 Å². The van der Waals surface area contributed by atoms with E-state index in [-0.39, 0.29) is 36.2 Å². The molecule has 0 aliphatic carbocycles. The van der Waals surface area contributed by atoms with Crippen LogP contribution in [0, 0.1) is 5.82 Å². The van der Waals surface area contributed by atoms with Crippen LogP contribution in [0.1, 0.15) is 13.3 Å². The molecule has 1 heterocycles. The van der Waals surface area contributed by atoms with Crippen LogP contribution in [0.2, 0.25) is 0 Å². The van der Waals surface area contributed by atoms with Gasteiger partial charge in [-0.15, -0.1) is 12.4 Å². The molecule has 124 valence electrons. The predicted octanol–water partition coefficient (Wildman–Crippen LogP) is 1.51. The lowest BCUT2D eigenvalue weighted by molar-refractivity contribution is -0.122. The number of halogens is 2. The first-order chi connectivity index (χ1) is 10.1. The van der Waals surface area contributed by atoms with Crippen LogP contribution in [0.25, 0.3) is 0 Å². The average molecular weight is 333 g/mol. The number of ether oxygens (including phenoxy) is 2. The van der Waals surface area contributed by atoms with Crippen LogP contribution in [0.15, 0.2) is 24.3 Å². The second-order valence-electron chi connectivity index (χ2n) is 5.09. The molecule has 0 bridgehead atoms. The molecule has 2 atom stereocenters. The van der Waals surface area contributed by atoms with Crippen LogP contribution in [0.3, 0.4) is 0 Å². The lowest BCUT2D eigenvalue weighted by Gasteiger charge is -2.23. The maximum atomic E-state index is 13.4. The van der Waals surface area contributed by atoms with Gasteiger partial charge in [0.05, 0.1) is 19.8 Å². The molecule has 0 spiro atoms. The summed E-state index contributed by atoms with van der Waals surface area (Å²) in [5, 5.41) is 6.01. The first kappa shape index (κ1) is 18.7. The Morgan fingerprint density at radius 1 is 1.55 bits per heavy atom. The first-order valence-corrected chi connectivity index (χ1v) is 7.14. The molecule has 5 nitrogen and oxygen atoms in total. The van der Waals surface area contributed by atoms with Gasteiger partial charge >= 0.3 is 0 Å². The number of rotatable bonds is 6. The van der Waals surface area contributed by atoms with Crippen molar-refractivity contribution in [2.24, 2.45) is 0 Å². The predicted molar refractivity (Wildman–Crippen MR) is 84.0 cm³/mol. The fourth-order valence-corrected chi connectivity index (χ4v) is 2.10. The second-order valence-corrected chi connectivity index (χ2v) is 5.09. The highest BCUT2D eigenvalue weighted by atomic mass is 35.5. The van der Waals surface area contributed by atoms with Gasteiger partial charge in [-0.25, -0.2) is 4.39 Å². The van der Waals surface area contributed by atoms with Gasteiger partial charge in [0.2, 0.25) is 5.91 Å². The molecule has 2 rings (SSSR count). The van der Waals surface area contributed by atoms with Gasteiger partial charge in [-0.2, -0.15) is 0 Å². The van der Waals surface area contributed by atoms with Crippen LogP contribution in [-0.4, -0.2) is 44.4 Å². The minimum atomic E-state index is -0.403. The van der Waals surface area contributed by atoms with Crippen LogP contribution in [0.4, 0.5) is 4.39 Å². The third-order valence-electron chi connectivity index (χ3n) is 3.18. The van der Waals surface area contributed by atoms with Crippen molar-refractivity contribution in [1.29, 1.82) is 0 Å². The Morgan fingerprint density at radius 2 is 2.32 bits per heavy atom. The van der Waals surface area contributed by atoms with E-state index in [4.69, 9.17) is 9.47 Å². The minimum Gasteiger partial charge on any atom is -0.486 e. The van der Waals surface area contributed by atoms with Gasteiger partial charge in [-0.1, -0.05) is 12.1 Å². The number of para-hydroxylation sites is 1. The zero-order valence-electron chi connectivity index (χ0n) is 12.5. The van der Waals surface area contributed by atoms with Gasteiger partial charge in [0, 0.05) is 19.0 Å². The Morgan fingerprint density at radius 3 is 3.00 bits per heavy atom. The monoisotopic (exact) mass is 332 g/mol. The molecule has 1 aromatic carbocycles. The van der Waals surface area contributed by atoms with E-state index in [1.54, 1.807) is 25.1 Å². The smallest absolute Gasteiger partial charge is 0.221 e. The molecule has 2 N–H and O–H groups in total. The molecular formula is C15H22ClFN2O3. The molecule has 1 aliphatic heterocycles. The van der Waals surface area contributed by atoms with Crippen molar-refractivity contribution in [2.45, 2.75) is 25.5 Å². The number of morpholine rings is 1. The highest BCUT2D eigenvalue weighted by Gasteiger charge is 2.17. The van der Waals surface area contributed by atoms with Gasteiger partial charge in [0.15, 0.2) is 11.6 Å². The number of benzene rings is 1. The number of hydrogen-bond donors (Lipinski definition) is 2. The summed E-state index contributed by atoms with van der Waals surface area (Å²) >= 11 is 0. The quantitative estimate of drug-likeness (QED) is 0.829. The Labute approximate surface area is 136 Å². The molecule has 1 saturated heterocycles. The Balaban J connectivity index is 0.00000242. The normalized spacial score (nSPS) is 18.9. The van der Waals surface area contributed by atoms with E-state index in [2.05, 4.69) is 10.6 Å². The fraction of sp³-hybridized carbons (Fsp3) is 0.533. The van der Waals surface area contributed by atoms with E-state index in [0.29, 0.717) is 26.2 Å². The maximum Gasteiger partial charge on any atom is 0.221 e. The van der Waals surface area contributed by atoms with Crippen LogP contribution >= 0.6 is 12.4 Å². The summed E-state index contributed by atoms with van der Waals surface area (Å²) < 4.78 is 24.2. The van der Waals surface area contributed by atoms with E-state index in [1.807, 2.05) is 0 Å². The molecule has 2 unspecified atom stereocenters. The van der Waals surface area contributed by atoms with Gasteiger partial charge in [0.1, 0.15) is 6.10 Å². The fourth-order valence-electron chi connectivity index (χ4n) is 2.10. The van der Waals surface area contributed by atoms with Crippen molar-refractivity contribution in [3.63, 3.8) is 0 Å². The molecule has 0 radical (unpaired) electrons. The zero-order valence-corrected chi connectivity index (χ0v) is 13.3. The summed E-state index contributed by atoms with van der Waals surface area (Å²) in [4.78, 5) is 11.8. The van der Waals surface area contributed by atoms with Gasteiger partial charge in [0.25, 0.3) is 0 Å². The minimum absolute atomic E-state index is 0. The summed E-state index contributed by atoms with van der Waals surface area (Å²) in [5.74, 6) is -0.275. The van der Waals surface area contributed by atoms with Crippen molar-refractivity contribution in [2.75, 3.05) is 26.3 Å². The Hall–Kier alpha value is -1.37. The molecule has 7 heteroatoms. The third kappa shape index (κ3) is 6.17. The van der Waals surface area contributed by atoms with Crippen molar-refractivity contribution in [3.8, 4) is 5.75 Å². The molecule has 22 heavy (non-hydrogen) atoms. The van der Waals surface area contributed by atoms with Crippen molar-refractivity contribution >= 4 is 18.3 Å². The van der Waals surface area contributed by atoms with Gasteiger partial charge in [-0.05, 0) is 19.1 Å². The lowest BCUT2D eigenvalue weighted by atomic mass is 10.2. The number of carbonyl (C=O) groups excluding carboxylic acids is 1. The molecular weight excluding hydrogens is 311 g/mol. The molecule has 1 aliphatic rings.